The second kappa shape index (κ2) is 7.48. The molecule has 1 aliphatic heterocycles. The minimum absolute atomic E-state index is 0.115. The first-order valence-corrected chi connectivity index (χ1v) is 8.26. The van der Waals surface area contributed by atoms with Gasteiger partial charge in [0.15, 0.2) is 0 Å². The smallest absolute Gasteiger partial charge is 0.330 e. The number of nitrogens with one attached hydrogen (secondary N) is 1. The van der Waals surface area contributed by atoms with Crippen molar-refractivity contribution in [1.29, 1.82) is 0 Å². The van der Waals surface area contributed by atoms with Gasteiger partial charge >= 0.3 is 14.3 Å². The molecule has 1 saturated heterocycles. The van der Waals surface area contributed by atoms with E-state index in [1.165, 1.54) is 10.8 Å². The fourth-order valence-corrected chi connectivity index (χ4v) is 2.89. The molecule has 0 aromatic carbocycles. The zero-order chi connectivity index (χ0) is 16.3. The van der Waals surface area contributed by atoms with Crippen LogP contribution in [-0.2, 0) is 13.8 Å². The normalized spacial score (nSPS) is 23.1. The predicted octanol–water partition coefficient (Wildman–Crippen LogP) is 1.18. The molecule has 3 unspecified atom stereocenters. The van der Waals surface area contributed by atoms with Crippen molar-refractivity contribution in [2.45, 2.75) is 52.0 Å². The van der Waals surface area contributed by atoms with Crippen molar-refractivity contribution >= 4 is 8.60 Å². The van der Waals surface area contributed by atoms with E-state index >= 15 is 0 Å². The largest absolute Gasteiger partial charge is 0.352 e. The summed E-state index contributed by atoms with van der Waals surface area (Å²) >= 11 is 0. The molecule has 0 aliphatic carbocycles. The molecule has 2 rings (SSSR count). The van der Waals surface area contributed by atoms with Gasteiger partial charge in [0.2, 0.25) is 0 Å². The Bertz CT molecular complexity index is 613. The van der Waals surface area contributed by atoms with Crippen LogP contribution in [-0.4, -0.2) is 33.3 Å². The lowest BCUT2D eigenvalue weighted by Crippen LogP contribution is -2.33. The van der Waals surface area contributed by atoms with Crippen molar-refractivity contribution in [3.8, 4) is 0 Å². The Balaban J connectivity index is 1.92. The van der Waals surface area contributed by atoms with Crippen LogP contribution in [0.5, 0.6) is 0 Å². The highest BCUT2D eigenvalue weighted by Crippen LogP contribution is 2.36. The fraction of sp³-hybridized carbons (Fsp3) is 0.692. The van der Waals surface area contributed by atoms with Crippen molar-refractivity contribution < 1.29 is 18.7 Å². The van der Waals surface area contributed by atoms with Crippen molar-refractivity contribution in [1.82, 2.24) is 9.55 Å². The maximum atomic E-state index is 11.8. The molecule has 0 saturated carbocycles. The summed E-state index contributed by atoms with van der Waals surface area (Å²) in [6.45, 7) is 5.44. The Kier molecular flexibility index (Phi) is 5.88. The summed E-state index contributed by atoms with van der Waals surface area (Å²) in [6, 6.07) is 0. The number of hydrogen-bond acceptors (Lipinski definition) is 6. The molecule has 0 bridgehead atoms. The summed E-state index contributed by atoms with van der Waals surface area (Å²) in [6.07, 6.45) is 2.05. The summed E-state index contributed by atoms with van der Waals surface area (Å²) in [7, 11) is -1.92. The lowest BCUT2D eigenvalue weighted by molar-refractivity contribution is -0.0234. The van der Waals surface area contributed by atoms with E-state index in [4.69, 9.17) is 13.8 Å². The minimum atomic E-state index is -1.92. The third-order valence-electron chi connectivity index (χ3n) is 3.21. The number of aromatic nitrogens is 2. The van der Waals surface area contributed by atoms with Gasteiger partial charge in [0.25, 0.3) is 5.56 Å². The fourth-order valence-electron chi connectivity index (χ4n) is 2.17. The molecule has 1 aliphatic rings. The molecule has 22 heavy (non-hydrogen) atoms. The number of aryl methyl sites for hydroxylation is 1. The molecular weight excluding hydrogens is 311 g/mol. The van der Waals surface area contributed by atoms with E-state index in [1.807, 2.05) is 13.8 Å². The first-order chi connectivity index (χ1) is 10.4. The molecule has 1 fully saturated rings. The van der Waals surface area contributed by atoms with E-state index in [1.54, 1.807) is 6.92 Å². The Morgan fingerprint density at radius 1 is 1.50 bits per heavy atom. The molecule has 9 heteroatoms. The molecule has 1 aromatic rings. The van der Waals surface area contributed by atoms with Gasteiger partial charge in [0.1, 0.15) is 6.23 Å². The molecule has 0 amide bonds. The van der Waals surface area contributed by atoms with Crippen LogP contribution in [0.3, 0.4) is 0 Å². The van der Waals surface area contributed by atoms with Crippen LogP contribution in [0.2, 0.25) is 0 Å². The lowest BCUT2D eigenvalue weighted by atomic mass is 10.2. The molecule has 8 nitrogen and oxygen atoms in total. The van der Waals surface area contributed by atoms with Crippen LogP contribution < -0.4 is 11.2 Å². The zero-order valence-corrected chi connectivity index (χ0v) is 13.7. The first kappa shape index (κ1) is 17.3. The number of rotatable bonds is 6. The molecule has 2 N–H and O–H groups in total. The Labute approximate surface area is 129 Å². The van der Waals surface area contributed by atoms with Crippen LogP contribution in [0.15, 0.2) is 15.8 Å². The zero-order valence-electron chi connectivity index (χ0n) is 12.8. The second-order valence-electron chi connectivity index (χ2n) is 5.46. The summed E-state index contributed by atoms with van der Waals surface area (Å²) in [5.41, 5.74) is -0.433. The molecule has 0 spiro atoms. The number of nitrogens with zero attached hydrogens (tertiary/aromatic N) is 1. The van der Waals surface area contributed by atoms with E-state index in [2.05, 4.69) is 4.98 Å². The van der Waals surface area contributed by atoms with E-state index in [9.17, 15) is 14.5 Å². The minimum Gasteiger partial charge on any atom is -0.352 e. The van der Waals surface area contributed by atoms with Crippen molar-refractivity contribution in [2.75, 3.05) is 6.61 Å². The average Bonchev–Trinajstić information content (AvgIpc) is 2.88. The van der Waals surface area contributed by atoms with E-state index in [0.717, 1.165) is 0 Å². The summed E-state index contributed by atoms with van der Waals surface area (Å²) < 4.78 is 17.5. The van der Waals surface area contributed by atoms with Crippen LogP contribution >= 0.6 is 8.60 Å². The first-order valence-electron chi connectivity index (χ1n) is 7.13. The van der Waals surface area contributed by atoms with Crippen molar-refractivity contribution in [2.24, 2.45) is 0 Å². The standard InChI is InChI=1S/C13H21N2O6P/c1-8(2)21-22(18)19-7-10-4-5-11(20-10)15-6-9(3)12(16)14-13(15)17/h6,8,10-11,18H,4-5,7H2,1-3H3,(H,14,16,17). The third-order valence-corrected chi connectivity index (χ3v) is 4.19. The van der Waals surface area contributed by atoms with Crippen molar-refractivity contribution in [3.05, 3.63) is 32.6 Å². The highest BCUT2D eigenvalue weighted by atomic mass is 31.2. The number of H-pyrrole nitrogens is 1. The van der Waals surface area contributed by atoms with Gasteiger partial charge in [-0.05, 0) is 33.6 Å². The van der Waals surface area contributed by atoms with E-state index in [0.29, 0.717) is 18.4 Å². The molecular formula is C13H21N2O6P. The molecule has 0 radical (unpaired) electrons. The van der Waals surface area contributed by atoms with Crippen LogP contribution in [0.4, 0.5) is 0 Å². The SMILES string of the molecule is Cc1cn(C2CCC(COP(O)OC(C)C)O2)c(=O)[nH]c1=O. The van der Waals surface area contributed by atoms with Gasteiger partial charge in [0.05, 0.1) is 18.8 Å². The average molecular weight is 332 g/mol. The molecule has 2 heterocycles. The highest BCUT2D eigenvalue weighted by Gasteiger charge is 2.28. The third kappa shape index (κ3) is 4.47. The van der Waals surface area contributed by atoms with E-state index < -0.39 is 26.1 Å². The Morgan fingerprint density at radius 3 is 2.91 bits per heavy atom. The van der Waals surface area contributed by atoms with Gasteiger partial charge < -0.3 is 18.7 Å². The predicted molar refractivity (Wildman–Crippen MR) is 80.5 cm³/mol. The summed E-state index contributed by atoms with van der Waals surface area (Å²) in [5, 5.41) is 0. The quantitative estimate of drug-likeness (QED) is 0.759. The van der Waals surface area contributed by atoms with Gasteiger partial charge in [0, 0.05) is 11.8 Å². The number of aromatic amines is 1. The maximum absolute atomic E-state index is 11.8. The van der Waals surface area contributed by atoms with Gasteiger partial charge in [-0.15, -0.1) is 0 Å². The summed E-state index contributed by atoms with van der Waals surface area (Å²) in [4.78, 5) is 35.0. The number of ether oxygens (including phenoxy) is 1. The summed E-state index contributed by atoms with van der Waals surface area (Å²) in [5.74, 6) is 0. The van der Waals surface area contributed by atoms with Crippen molar-refractivity contribution in [3.63, 3.8) is 0 Å². The van der Waals surface area contributed by atoms with Gasteiger partial charge in [-0.2, -0.15) is 0 Å². The highest BCUT2D eigenvalue weighted by molar-refractivity contribution is 7.40. The van der Waals surface area contributed by atoms with Crippen LogP contribution in [0, 0.1) is 6.92 Å². The van der Waals surface area contributed by atoms with E-state index in [-0.39, 0.29) is 18.8 Å². The van der Waals surface area contributed by atoms with Crippen LogP contribution in [0.1, 0.15) is 38.5 Å². The van der Waals surface area contributed by atoms with Gasteiger partial charge in [-0.25, -0.2) is 4.79 Å². The van der Waals surface area contributed by atoms with Crippen LogP contribution in [0.25, 0.3) is 0 Å². The maximum Gasteiger partial charge on any atom is 0.330 e. The van der Waals surface area contributed by atoms with Gasteiger partial charge in [-0.1, -0.05) is 0 Å². The Hall–Kier alpha value is -1.05. The second-order valence-corrected chi connectivity index (χ2v) is 6.40. The monoisotopic (exact) mass is 332 g/mol. The topological polar surface area (TPSA) is 103 Å². The molecule has 1 aromatic heterocycles. The number of hydrogen-bond donors (Lipinski definition) is 2. The Morgan fingerprint density at radius 2 is 2.23 bits per heavy atom. The lowest BCUT2D eigenvalue weighted by Gasteiger charge is -2.18. The van der Waals surface area contributed by atoms with Gasteiger partial charge in [-0.3, -0.25) is 14.3 Å². The molecule has 124 valence electrons. The molecule has 3 atom stereocenters.